The second-order valence-corrected chi connectivity index (χ2v) is 5.26. The van der Waals surface area contributed by atoms with Crippen LogP contribution in [-0.4, -0.2) is 16.1 Å². The first-order chi connectivity index (χ1) is 9.70. The molecule has 1 aromatic heterocycles. The molecule has 1 N–H and O–H groups in total. The zero-order valence-corrected chi connectivity index (χ0v) is 11.5. The SMILES string of the molecule is CC(C)Cc1nc2c(C(F)(F)F)cccc2cc1C(=O)O. The molecule has 0 saturated carbocycles. The van der Waals surface area contributed by atoms with Crippen LogP contribution in [-0.2, 0) is 12.6 Å². The maximum absolute atomic E-state index is 13.0. The number of aromatic nitrogens is 1. The highest BCUT2D eigenvalue weighted by molar-refractivity contribution is 5.94. The first-order valence-corrected chi connectivity index (χ1v) is 6.43. The Balaban J connectivity index is 2.76. The number of halogens is 3. The van der Waals surface area contributed by atoms with Gasteiger partial charge in [-0.2, -0.15) is 13.2 Å². The molecule has 112 valence electrons. The summed E-state index contributed by atoms with van der Waals surface area (Å²) in [7, 11) is 0. The summed E-state index contributed by atoms with van der Waals surface area (Å²) in [6.07, 6.45) is -4.21. The molecule has 1 heterocycles. The number of carbonyl (C=O) groups is 1. The molecule has 1 aromatic carbocycles. The fourth-order valence-electron chi connectivity index (χ4n) is 2.19. The van der Waals surface area contributed by atoms with Crippen LogP contribution in [0.5, 0.6) is 0 Å². The zero-order valence-electron chi connectivity index (χ0n) is 11.5. The van der Waals surface area contributed by atoms with E-state index in [0.717, 1.165) is 6.07 Å². The minimum Gasteiger partial charge on any atom is -0.478 e. The summed E-state index contributed by atoms with van der Waals surface area (Å²) < 4.78 is 39.0. The molecular formula is C15H14F3NO2. The zero-order chi connectivity index (χ0) is 15.8. The van der Waals surface area contributed by atoms with Gasteiger partial charge >= 0.3 is 12.1 Å². The van der Waals surface area contributed by atoms with Crippen LogP contribution in [0.15, 0.2) is 24.3 Å². The maximum atomic E-state index is 13.0. The van der Waals surface area contributed by atoms with Gasteiger partial charge < -0.3 is 5.11 Å². The summed E-state index contributed by atoms with van der Waals surface area (Å²) in [6, 6.07) is 4.90. The molecule has 0 bridgehead atoms. The van der Waals surface area contributed by atoms with Crippen LogP contribution in [0.3, 0.4) is 0 Å². The van der Waals surface area contributed by atoms with Crippen LogP contribution in [0.1, 0.15) is 35.5 Å². The lowest BCUT2D eigenvalue weighted by Crippen LogP contribution is -2.11. The number of carboxylic acids is 1. The molecule has 0 saturated heterocycles. The number of rotatable bonds is 3. The van der Waals surface area contributed by atoms with Crippen LogP contribution in [0.25, 0.3) is 10.9 Å². The average molecular weight is 297 g/mol. The number of nitrogens with zero attached hydrogens (tertiary/aromatic N) is 1. The molecule has 2 aromatic rings. The summed E-state index contributed by atoms with van der Waals surface area (Å²) in [5.74, 6) is -1.09. The Morgan fingerprint density at radius 1 is 1.33 bits per heavy atom. The maximum Gasteiger partial charge on any atom is 0.418 e. The van der Waals surface area contributed by atoms with Crippen LogP contribution < -0.4 is 0 Å². The van der Waals surface area contributed by atoms with Gasteiger partial charge in [-0.25, -0.2) is 4.79 Å². The van der Waals surface area contributed by atoms with Crippen LogP contribution >= 0.6 is 0 Å². The summed E-state index contributed by atoms with van der Waals surface area (Å²) in [5, 5.41) is 9.38. The molecule has 0 radical (unpaired) electrons. The molecule has 3 nitrogen and oxygen atoms in total. The van der Waals surface area contributed by atoms with Crippen molar-refractivity contribution in [3.63, 3.8) is 0 Å². The van der Waals surface area contributed by atoms with Crippen molar-refractivity contribution >= 4 is 16.9 Å². The van der Waals surface area contributed by atoms with Gasteiger partial charge in [-0.1, -0.05) is 26.0 Å². The van der Waals surface area contributed by atoms with E-state index in [-0.39, 0.29) is 28.1 Å². The van der Waals surface area contributed by atoms with Gasteiger partial charge in [-0.05, 0) is 24.5 Å². The topological polar surface area (TPSA) is 50.2 Å². The Labute approximate surface area is 119 Å². The van der Waals surface area contributed by atoms with Crippen LogP contribution in [0.4, 0.5) is 13.2 Å². The molecule has 6 heteroatoms. The molecule has 0 unspecified atom stereocenters. The standard InChI is InChI=1S/C15H14F3NO2/c1-8(2)6-12-10(14(20)21)7-9-4-3-5-11(13(9)19-12)15(16,17)18/h3-5,7-8H,6H2,1-2H3,(H,20,21). The van der Waals surface area contributed by atoms with E-state index in [1.165, 1.54) is 18.2 Å². The smallest absolute Gasteiger partial charge is 0.418 e. The fourth-order valence-corrected chi connectivity index (χ4v) is 2.19. The van der Waals surface area contributed by atoms with Gasteiger partial charge in [0.15, 0.2) is 0 Å². The van der Waals surface area contributed by atoms with Crippen molar-refractivity contribution in [2.45, 2.75) is 26.4 Å². The Hall–Kier alpha value is -2.11. The second kappa shape index (κ2) is 5.35. The van der Waals surface area contributed by atoms with E-state index < -0.39 is 17.7 Å². The normalized spacial score (nSPS) is 12.1. The predicted molar refractivity (Wildman–Crippen MR) is 72.2 cm³/mol. The van der Waals surface area contributed by atoms with Crippen molar-refractivity contribution in [1.82, 2.24) is 4.98 Å². The number of hydrogen-bond donors (Lipinski definition) is 1. The molecular weight excluding hydrogens is 283 g/mol. The number of carboxylic acid groups (broad SMARTS) is 1. The summed E-state index contributed by atoms with van der Waals surface area (Å²) in [6.45, 7) is 3.71. The van der Waals surface area contributed by atoms with Crippen molar-refractivity contribution < 1.29 is 23.1 Å². The third-order valence-electron chi connectivity index (χ3n) is 3.06. The van der Waals surface area contributed by atoms with E-state index in [4.69, 9.17) is 0 Å². The average Bonchev–Trinajstić information content (AvgIpc) is 2.35. The monoisotopic (exact) mass is 297 g/mol. The van der Waals surface area contributed by atoms with E-state index in [2.05, 4.69) is 4.98 Å². The molecule has 0 aliphatic heterocycles. The van der Waals surface area contributed by atoms with E-state index >= 15 is 0 Å². The Morgan fingerprint density at radius 2 is 2.00 bits per heavy atom. The van der Waals surface area contributed by atoms with Gasteiger partial charge in [0.25, 0.3) is 0 Å². The first-order valence-electron chi connectivity index (χ1n) is 6.43. The Morgan fingerprint density at radius 3 is 2.52 bits per heavy atom. The van der Waals surface area contributed by atoms with E-state index in [1.54, 1.807) is 0 Å². The third-order valence-corrected chi connectivity index (χ3v) is 3.06. The lowest BCUT2D eigenvalue weighted by molar-refractivity contribution is -0.136. The van der Waals surface area contributed by atoms with E-state index in [9.17, 15) is 23.1 Å². The minimum atomic E-state index is -4.52. The number of para-hydroxylation sites is 1. The van der Waals surface area contributed by atoms with Gasteiger partial charge in [0.1, 0.15) is 0 Å². The fraction of sp³-hybridized carbons (Fsp3) is 0.333. The molecule has 0 amide bonds. The van der Waals surface area contributed by atoms with Gasteiger partial charge in [0, 0.05) is 5.39 Å². The van der Waals surface area contributed by atoms with Crippen molar-refractivity contribution in [1.29, 1.82) is 0 Å². The summed E-state index contributed by atoms with van der Waals surface area (Å²) in [4.78, 5) is 15.3. The van der Waals surface area contributed by atoms with E-state index in [0.29, 0.717) is 6.42 Å². The highest BCUT2D eigenvalue weighted by atomic mass is 19.4. The van der Waals surface area contributed by atoms with Crippen molar-refractivity contribution in [2.24, 2.45) is 5.92 Å². The van der Waals surface area contributed by atoms with Gasteiger partial charge in [0.05, 0.1) is 22.3 Å². The largest absolute Gasteiger partial charge is 0.478 e. The van der Waals surface area contributed by atoms with E-state index in [1.807, 2.05) is 13.8 Å². The number of benzene rings is 1. The number of pyridine rings is 1. The van der Waals surface area contributed by atoms with Gasteiger partial charge in [-0.3, -0.25) is 4.98 Å². The Kier molecular flexibility index (Phi) is 3.89. The number of fused-ring (bicyclic) bond motifs is 1. The van der Waals surface area contributed by atoms with Crippen molar-refractivity contribution in [3.05, 3.63) is 41.1 Å². The summed E-state index contributed by atoms with van der Waals surface area (Å²) in [5.41, 5.74) is -0.912. The first kappa shape index (κ1) is 15.3. The number of aromatic carboxylic acids is 1. The van der Waals surface area contributed by atoms with Gasteiger partial charge in [0.2, 0.25) is 0 Å². The number of hydrogen-bond acceptors (Lipinski definition) is 2. The Bertz CT molecular complexity index is 693. The van der Waals surface area contributed by atoms with Crippen LogP contribution in [0, 0.1) is 5.92 Å². The quantitative estimate of drug-likeness (QED) is 0.925. The molecule has 2 rings (SSSR count). The van der Waals surface area contributed by atoms with Crippen molar-refractivity contribution in [2.75, 3.05) is 0 Å². The highest BCUT2D eigenvalue weighted by Gasteiger charge is 2.33. The molecule has 0 atom stereocenters. The lowest BCUT2D eigenvalue weighted by Gasteiger charge is -2.13. The number of alkyl halides is 3. The molecule has 21 heavy (non-hydrogen) atoms. The minimum absolute atomic E-state index is 0.0458. The molecule has 0 fully saturated rings. The second-order valence-electron chi connectivity index (χ2n) is 5.26. The lowest BCUT2D eigenvalue weighted by atomic mass is 10.00. The van der Waals surface area contributed by atoms with Crippen molar-refractivity contribution in [3.8, 4) is 0 Å². The highest BCUT2D eigenvalue weighted by Crippen LogP contribution is 2.34. The third kappa shape index (κ3) is 3.15. The molecule has 0 spiro atoms. The molecule has 0 aliphatic carbocycles. The predicted octanol–water partition coefficient (Wildman–Crippen LogP) is 4.15. The molecule has 0 aliphatic rings. The van der Waals surface area contributed by atoms with Gasteiger partial charge in [-0.15, -0.1) is 0 Å². The van der Waals surface area contributed by atoms with Crippen LogP contribution in [0.2, 0.25) is 0 Å². The summed E-state index contributed by atoms with van der Waals surface area (Å²) >= 11 is 0.